The number of aromatic nitrogens is 4. The number of thiazole rings is 1. The minimum atomic E-state index is -0.0188. The van der Waals surface area contributed by atoms with Crippen LogP contribution in [0.1, 0.15) is 43.2 Å². The molecule has 1 aliphatic carbocycles. The first-order chi connectivity index (χ1) is 13.8. The van der Waals surface area contributed by atoms with Crippen LogP contribution in [0.15, 0.2) is 36.8 Å². The van der Waals surface area contributed by atoms with Gasteiger partial charge in [-0.25, -0.2) is 15.0 Å². The van der Waals surface area contributed by atoms with Crippen LogP contribution in [0.2, 0.25) is 0 Å². The lowest BCUT2D eigenvalue weighted by molar-refractivity contribution is 0.281. The van der Waals surface area contributed by atoms with Crippen LogP contribution in [0.4, 0.5) is 5.13 Å². The molecule has 3 aromatic heterocycles. The van der Waals surface area contributed by atoms with Gasteiger partial charge in [-0.3, -0.25) is 0 Å². The number of nitrogens with one attached hydrogen (secondary N) is 1. The van der Waals surface area contributed by atoms with Crippen LogP contribution in [-0.4, -0.2) is 30.7 Å². The van der Waals surface area contributed by atoms with Crippen molar-refractivity contribution in [3.05, 3.63) is 47.9 Å². The van der Waals surface area contributed by atoms with E-state index in [4.69, 9.17) is 4.98 Å². The van der Waals surface area contributed by atoms with Crippen molar-refractivity contribution in [2.75, 3.05) is 5.32 Å². The van der Waals surface area contributed by atoms with Gasteiger partial charge in [0, 0.05) is 12.2 Å². The van der Waals surface area contributed by atoms with Gasteiger partial charge in [0.25, 0.3) is 0 Å². The van der Waals surface area contributed by atoms with Gasteiger partial charge in [0.2, 0.25) is 0 Å². The van der Waals surface area contributed by atoms with Gasteiger partial charge in [-0.1, -0.05) is 36.7 Å². The molecule has 0 saturated heterocycles. The molecule has 1 fully saturated rings. The van der Waals surface area contributed by atoms with Crippen molar-refractivity contribution < 1.29 is 5.11 Å². The average molecular weight is 394 g/mol. The van der Waals surface area contributed by atoms with Gasteiger partial charge in [-0.15, -0.1) is 0 Å². The van der Waals surface area contributed by atoms with Gasteiger partial charge >= 0.3 is 0 Å². The third kappa shape index (κ3) is 3.47. The summed E-state index contributed by atoms with van der Waals surface area (Å²) in [7, 11) is 0. The molecule has 0 unspecified atom stereocenters. The number of pyridine rings is 1. The molecule has 7 heteroatoms. The number of benzene rings is 1. The summed E-state index contributed by atoms with van der Waals surface area (Å²) in [6.45, 7) is 0.691. The Kier molecular flexibility index (Phi) is 4.70. The number of nitrogens with zero attached hydrogens (tertiary/aromatic N) is 4. The highest BCUT2D eigenvalue weighted by Crippen LogP contribution is 2.30. The van der Waals surface area contributed by atoms with Crippen LogP contribution in [0.25, 0.3) is 21.4 Å². The molecule has 6 nitrogen and oxygen atoms in total. The minimum Gasteiger partial charge on any atom is -0.392 e. The van der Waals surface area contributed by atoms with E-state index in [-0.39, 0.29) is 6.61 Å². The summed E-state index contributed by atoms with van der Waals surface area (Å²) in [6.07, 6.45) is 10.0. The summed E-state index contributed by atoms with van der Waals surface area (Å²) in [6, 6.07) is 8.90. The predicted octanol–water partition coefficient (Wildman–Crippen LogP) is 4.33. The fourth-order valence-corrected chi connectivity index (χ4v) is 4.95. The molecule has 0 aliphatic heterocycles. The smallest absolute Gasteiger partial charge is 0.184 e. The van der Waals surface area contributed by atoms with Crippen molar-refractivity contribution >= 4 is 37.8 Å². The molecule has 2 N–H and O–H groups in total. The zero-order valence-electron chi connectivity index (χ0n) is 15.6. The number of fused-ring (bicyclic) bond motifs is 2. The number of rotatable bonds is 5. The molecule has 3 heterocycles. The lowest BCUT2D eigenvalue weighted by atomic mass is 9.96. The maximum atomic E-state index is 9.26. The molecule has 0 spiro atoms. The molecule has 0 atom stereocenters. The zero-order chi connectivity index (χ0) is 18.9. The molecule has 4 aromatic rings. The largest absolute Gasteiger partial charge is 0.392 e. The van der Waals surface area contributed by atoms with E-state index in [0.717, 1.165) is 27.4 Å². The standard InChI is InChI=1S/C21H23N5OS/c27-12-15-8-18-20(22-10-15)26(13-23-18)11-14-6-7-17-19(9-14)28-21(25-17)24-16-4-2-1-3-5-16/h6-10,13,16,27H,1-5,11-12H2,(H,24,25). The second kappa shape index (κ2) is 7.48. The first-order valence-corrected chi connectivity index (χ1v) is 10.7. The first kappa shape index (κ1) is 17.6. The Labute approximate surface area is 167 Å². The Balaban J connectivity index is 1.37. The van der Waals surface area contributed by atoms with E-state index in [1.165, 1.54) is 42.4 Å². The van der Waals surface area contributed by atoms with Crippen LogP contribution >= 0.6 is 11.3 Å². The highest BCUT2D eigenvalue weighted by Gasteiger charge is 2.15. The van der Waals surface area contributed by atoms with Crippen molar-refractivity contribution in [2.45, 2.75) is 51.3 Å². The van der Waals surface area contributed by atoms with Crippen LogP contribution < -0.4 is 5.32 Å². The maximum absolute atomic E-state index is 9.26. The second-order valence-corrected chi connectivity index (χ2v) is 8.55. The summed E-state index contributed by atoms with van der Waals surface area (Å²) in [5.74, 6) is 0. The Morgan fingerprint density at radius 2 is 1.96 bits per heavy atom. The fraction of sp³-hybridized carbons (Fsp3) is 0.381. The van der Waals surface area contributed by atoms with Crippen LogP contribution in [0, 0.1) is 0 Å². The van der Waals surface area contributed by atoms with Gasteiger partial charge in [0.1, 0.15) is 5.52 Å². The Morgan fingerprint density at radius 1 is 1.07 bits per heavy atom. The lowest BCUT2D eigenvalue weighted by Crippen LogP contribution is -2.21. The molecular weight excluding hydrogens is 370 g/mol. The molecule has 1 aliphatic rings. The van der Waals surface area contributed by atoms with Gasteiger partial charge in [-0.05, 0) is 42.2 Å². The highest BCUT2D eigenvalue weighted by molar-refractivity contribution is 7.22. The Bertz CT molecular complexity index is 1110. The van der Waals surface area contributed by atoms with Crippen LogP contribution in [0.5, 0.6) is 0 Å². The molecule has 0 radical (unpaired) electrons. The van der Waals surface area contributed by atoms with E-state index in [1.54, 1.807) is 17.5 Å². The van der Waals surface area contributed by atoms with Crippen LogP contribution in [0.3, 0.4) is 0 Å². The zero-order valence-corrected chi connectivity index (χ0v) is 16.5. The van der Waals surface area contributed by atoms with Gasteiger partial charge in [0.15, 0.2) is 10.8 Å². The van der Waals surface area contributed by atoms with Crippen molar-refractivity contribution in [1.29, 1.82) is 0 Å². The average Bonchev–Trinajstić information content (AvgIpc) is 3.31. The quantitative estimate of drug-likeness (QED) is 0.528. The van der Waals surface area contributed by atoms with Crippen molar-refractivity contribution in [2.24, 2.45) is 0 Å². The number of hydrogen-bond acceptors (Lipinski definition) is 6. The predicted molar refractivity (Wildman–Crippen MR) is 113 cm³/mol. The van der Waals surface area contributed by atoms with Crippen molar-refractivity contribution in [3.8, 4) is 0 Å². The molecular formula is C21H23N5OS. The van der Waals surface area contributed by atoms with Gasteiger partial charge in [0.05, 0.1) is 29.7 Å². The number of aliphatic hydroxyl groups is 1. The molecule has 5 rings (SSSR count). The fourth-order valence-electron chi connectivity index (χ4n) is 3.94. The number of imidazole rings is 1. The normalized spacial score (nSPS) is 15.5. The van der Waals surface area contributed by atoms with E-state index in [0.29, 0.717) is 12.6 Å². The highest BCUT2D eigenvalue weighted by atomic mass is 32.1. The lowest BCUT2D eigenvalue weighted by Gasteiger charge is -2.22. The molecule has 1 aromatic carbocycles. The minimum absolute atomic E-state index is 0.0188. The molecule has 0 amide bonds. The van der Waals surface area contributed by atoms with Gasteiger partial charge < -0.3 is 15.0 Å². The van der Waals surface area contributed by atoms with Crippen LogP contribution in [-0.2, 0) is 13.2 Å². The molecule has 144 valence electrons. The van der Waals surface area contributed by atoms with E-state index in [1.807, 2.05) is 17.0 Å². The topological polar surface area (TPSA) is 75.9 Å². The first-order valence-electron chi connectivity index (χ1n) is 9.85. The van der Waals surface area contributed by atoms with E-state index in [2.05, 4.69) is 33.5 Å². The third-order valence-electron chi connectivity index (χ3n) is 5.43. The van der Waals surface area contributed by atoms with Gasteiger partial charge in [-0.2, -0.15) is 0 Å². The van der Waals surface area contributed by atoms with Crippen molar-refractivity contribution in [1.82, 2.24) is 19.5 Å². The van der Waals surface area contributed by atoms with Crippen molar-refractivity contribution in [3.63, 3.8) is 0 Å². The summed E-state index contributed by atoms with van der Waals surface area (Å²) in [4.78, 5) is 13.7. The molecule has 0 bridgehead atoms. The maximum Gasteiger partial charge on any atom is 0.184 e. The summed E-state index contributed by atoms with van der Waals surface area (Å²) in [5, 5.41) is 13.9. The summed E-state index contributed by atoms with van der Waals surface area (Å²) < 4.78 is 3.25. The second-order valence-electron chi connectivity index (χ2n) is 7.52. The van der Waals surface area contributed by atoms with E-state index in [9.17, 15) is 5.11 Å². The Hall–Kier alpha value is -2.51. The van der Waals surface area contributed by atoms with E-state index < -0.39 is 0 Å². The Morgan fingerprint density at radius 3 is 2.82 bits per heavy atom. The summed E-state index contributed by atoms with van der Waals surface area (Å²) in [5.41, 5.74) is 4.67. The number of aliphatic hydroxyl groups excluding tert-OH is 1. The van der Waals surface area contributed by atoms with E-state index >= 15 is 0 Å². The summed E-state index contributed by atoms with van der Waals surface area (Å²) >= 11 is 1.74. The molecule has 28 heavy (non-hydrogen) atoms. The third-order valence-corrected chi connectivity index (χ3v) is 6.38. The molecule has 1 saturated carbocycles. The monoisotopic (exact) mass is 393 g/mol. The number of anilines is 1. The number of hydrogen-bond donors (Lipinski definition) is 2. The SMILES string of the molecule is OCc1cnc2c(c1)ncn2Cc1ccc2nc(NC3CCCCC3)sc2c1.